The van der Waals surface area contributed by atoms with E-state index < -0.39 is 0 Å². The van der Waals surface area contributed by atoms with Crippen LogP contribution in [0.3, 0.4) is 0 Å². The molecule has 0 bridgehead atoms. The van der Waals surface area contributed by atoms with Gasteiger partial charge in [-0.15, -0.1) is 11.3 Å². The summed E-state index contributed by atoms with van der Waals surface area (Å²) in [6, 6.07) is 12.6. The van der Waals surface area contributed by atoms with Crippen molar-refractivity contribution in [3.63, 3.8) is 0 Å². The van der Waals surface area contributed by atoms with E-state index in [-0.39, 0.29) is 0 Å². The molecule has 0 saturated carbocycles. The Morgan fingerprint density at radius 1 is 1.21 bits per heavy atom. The van der Waals surface area contributed by atoms with Gasteiger partial charge in [-0.1, -0.05) is 18.2 Å². The third-order valence-corrected chi connectivity index (χ3v) is 4.95. The van der Waals surface area contributed by atoms with Crippen molar-refractivity contribution < 1.29 is 0 Å². The Hall–Kier alpha value is -0.840. The predicted octanol–water partition coefficient (Wildman–Crippen LogP) is 4.13. The second kappa shape index (κ2) is 7.68. The summed E-state index contributed by atoms with van der Waals surface area (Å²) in [6.45, 7) is 3.07. The number of halogens is 1. The standard InChI is InChI=1S/C15H19BrN2S/c1-18(13-6-3-2-4-7-13)10-5-9-17-12-15-14(16)8-11-19-15/h2-4,6-8,11,17H,5,9-10,12H2,1H3. The summed E-state index contributed by atoms with van der Waals surface area (Å²) < 4.78 is 1.21. The van der Waals surface area contributed by atoms with Gasteiger partial charge >= 0.3 is 0 Å². The average Bonchev–Trinajstić information content (AvgIpc) is 2.85. The van der Waals surface area contributed by atoms with Crippen molar-refractivity contribution in [2.75, 3.05) is 25.0 Å². The van der Waals surface area contributed by atoms with Gasteiger partial charge in [-0.25, -0.2) is 0 Å². The van der Waals surface area contributed by atoms with Crippen LogP contribution in [0.25, 0.3) is 0 Å². The average molecular weight is 339 g/mol. The van der Waals surface area contributed by atoms with E-state index in [1.807, 2.05) is 0 Å². The highest BCUT2D eigenvalue weighted by molar-refractivity contribution is 9.10. The Bertz CT molecular complexity index is 484. The molecule has 4 heteroatoms. The molecule has 0 aliphatic rings. The summed E-state index contributed by atoms with van der Waals surface area (Å²) in [6.07, 6.45) is 1.15. The number of rotatable bonds is 7. The quantitative estimate of drug-likeness (QED) is 0.763. The van der Waals surface area contributed by atoms with Crippen LogP contribution in [0.1, 0.15) is 11.3 Å². The molecule has 1 N–H and O–H groups in total. The third kappa shape index (κ3) is 4.64. The summed E-state index contributed by atoms with van der Waals surface area (Å²) in [7, 11) is 2.14. The summed E-state index contributed by atoms with van der Waals surface area (Å²) >= 11 is 5.34. The van der Waals surface area contributed by atoms with E-state index in [0.717, 1.165) is 26.1 Å². The van der Waals surface area contributed by atoms with Gasteiger partial charge in [-0.2, -0.15) is 0 Å². The molecule has 2 rings (SSSR count). The van der Waals surface area contributed by atoms with Crippen molar-refractivity contribution in [3.8, 4) is 0 Å². The molecule has 102 valence electrons. The molecule has 19 heavy (non-hydrogen) atoms. The normalized spacial score (nSPS) is 10.6. The van der Waals surface area contributed by atoms with Crippen LogP contribution in [-0.4, -0.2) is 20.1 Å². The minimum Gasteiger partial charge on any atom is -0.375 e. The predicted molar refractivity (Wildman–Crippen MR) is 88.1 cm³/mol. The van der Waals surface area contributed by atoms with E-state index in [0.29, 0.717) is 0 Å². The fourth-order valence-electron chi connectivity index (χ4n) is 1.91. The summed E-state index contributed by atoms with van der Waals surface area (Å²) in [4.78, 5) is 3.67. The third-order valence-electron chi connectivity index (χ3n) is 3.02. The molecule has 0 fully saturated rings. The Kier molecular flexibility index (Phi) is 5.89. The van der Waals surface area contributed by atoms with Crippen LogP contribution in [0, 0.1) is 0 Å². The maximum atomic E-state index is 3.55. The van der Waals surface area contributed by atoms with E-state index in [1.54, 1.807) is 11.3 Å². The number of thiophene rings is 1. The lowest BCUT2D eigenvalue weighted by Crippen LogP contribution is -2.23. The van der Waals surface area contributed by atoms with Gasteiger partial charge in [-0.3, -0.25) is 0 Å². The molecular formula is C15H19BrN2S. The molecule has 1 aromatic heterocycles. The van der Waals surface area contributed by atoms with Crippen LogP contribution in [0.2, 0.25) is 0 Å². The highest BCUT2D eigenvalue weighted by Crippen LogP contribution is 2.22. The maximum absolute atomic E-state index is 3.55. The Balaban J connectivity index is 1.63. The smallest absolute Gasteiger partial charge is 0.0363 e. The number of hydrogen-bond donors (Lipinski definition) is 1. The van der Waals surface area contributed by atoms with Gasteiger partial charge < -0.3 is 10.2 Å². The van der Waals surface area contributed by atoms with Crippen LogP contribution < -0.4 is 10.2 Å². The first kappa shape index (κ1) is 14.6. The van der Waals surface area contributed by atoms with Gasteiger partial charge in [0, 0.05) is 35.2 Å². The number of nitrogens with one attached hydrogen (secondary N) is 1. The van der Waals surface area contributed by atoms with E-state index in [9.17, 15) is 0 Å². The van der Waals surface area contributed by atoms with Crippen molar-refractivity contribution in [3.05, 3.63) is 51.1 Å². The minimum atomic E-state index is 0.952. The maximum Gasteiger partial charge on any atom is 0.0363 e. The van der Waals surface area contributed by atoms with Crippen LogP contribution >= 0.6 is 27.3 Å². The lowest BCUT2D eigenvalue weighted by molar-refractivity contribution is 0.649. The summed E-state index contributed by atoms with van der Waals surface area (Å²) in [5, 5.41) is 5.60. The van der Waals surface area contributed by atoms with Crippen LogP contribution in [0.15, 0.2) is 46.3 Å². The molecule has 1 aromatic carbocycles. The molecule has 1 heterocycles. The number of hydrogen-bond acceptors (Lipinski definition) is 3. The van der Waals surface area contributed by atoms with Crippen LogP contribution in [-0.2, 0) is 6.54 Å². The van der Waals surface area contributed by atoms with Crippen molar-refractivity contribution in [2.24, 2.45) is 0 Å². The molecule has 2 aromatic rings. The molecule has 0 atom stereocenters. The molecule has 0 aliphatic carbocycles. The van der Waals surface area contributed by atoms with Crippen LogP contribution in [0.4, 0.5) is 5.69 Å². The molecule has 0 unspecified atom stereocenters. The van der Waals surface area contributed by atoms with Gasteiger partial charge in [0.1, 0.15) is 0 Å². The second-order valence-corrected chi connectivity index (χ2v) is 6.33. The number of benzene rings is 1. The Morgan fingerprint density at radius 3 is 2.68 bits per heavy atom. The SMILES string of the molecule is CN(CCCNCc1sccc1Br)c1ccccc1. The zero-order valence-electron chi connectivity index (χ0n) is 11.1. The number of anilines is 1. The lowest BCUT2D eigenvalue weighted by Gasteiger charge is -2.19. The summed E-state index contributed by atoms with van der Waals surface area (Å²) in [5.41, 5.74) is 1.28. The van der Waals surface area contributed by atoms with Gasteiger partial charge in [0.05, 0.1) is 0 Å². The summed E-state index contributed by atoms with van der Waals surface area (Å²) in [5.74, 6) is 0. The molecular weight excluding hydrogens is 320 g/mol. The first-order chi connectivity index (χ1) is 9.27. The Morgan fingerprint density at radius 2 is 2.00 bits per heavy atom. The van der Waals surface area contributed by atoms with E-state index in [2.05, 4.69) is 75.0 Å². The first-order valence-electron chi connectivity index (χ1n) is 6.46. The zero-order chi connectivity index (χ0) is 13.5. The van der Waals surface area contributed by atoms with Crippen molar-refractivity contribution in [1.29, 1.82) is 0 Å². The van der Waals surface area contributed by atoms with E-state index in [1.165, 1.54) is 15.0 Å². The number of nitrogens with zero attached hydrogens (tertiary/aromatic N) is 1. The van der Waals surface area contributed by atoms with E-state index in [4.69, 9.17) is 0 Å². The van der Waals surface area contributed by atoms with Crippen molar-refractivity contribution >= 4 is 33.0 Å². The van der Waals surface area contributed by atoms with Crippen molar-refractivity contribution in [2.45, 2.75) is 13.0 Å². The fraction of sp³-hybridized carbons (Fsp3) is 0.333. The molecule has 2 nitrogen and oxygen atoms in total. The largest absolute Gasteiger partial charge is 0.375 e. The zero-order valence-corrected chi connectivity index (χ0v) is 13.5. The monoisotopic (exact) mass is 338 g/mol. The fourth-order valence-corrected chi connectivity index (χ4v) is 3.37. The van der Waals surface area contributed by atoms with E-state index >= 15 is 0 Å². The highest BCUT2D eigenvalue weighted by Gasteiger charge is 2.01. The van der Waals surface area contributed by atoms with Crippen molar-refractivity contribution in [1.82, 2.24) is 5.32 Å². The van der Waals surface area contributed by atoms with Crippen LogP contribution in [0.5, 0.6) is 0 Å². The number of para-hydroxylation sites is 1. The molecule has 0 spiro atoms. The topological polar surface area (TPSA) is 15.3 Å². The Labute approximate surface area is 127 Å². The minimum absolute atomic E-state index is 0.952. The van der Waals surface area contributed by atoms with Gasteiger partial charge in [0.15, 0.2) is 0 Å². The molecule has 0 saturated heterocycles. The van der Waals surface area contributed by atoms with Gasteiger partial charge in [-0.05, 0) is 52.5 Å². The lowest BCUT2D eigenvalue weighted by atomic mass is 10.3. The second-order valence-electron chi connectivity index (χ2n) is 4.48. The highest BCUT2D eigenvalue weighted by atomic mass is 79.9. The molecule has 0 radical (unpaired) electrons. The van der Waals surface area contributed by atoms with Gasteiger partial charge in [0.25, 0.3) is 0 Å². The molecule has 0 amide bonds. The van der Waals surface area contributed by atoms with Gasteiger partial charge in [0.2, 0.25) is 0 Å². The molecule has 0 aliphatic heterocycles. The first-order valence-corrected chi connectivity index (χ1v) is 8.13.